The Labute approximate surface area is 236 Å². The van der Waals surface area contributed by atoms with Gasteiger partial charge in [0.1, 0.15) is 6.07 Å². The number of nitriles is 1. The molecular weight excluding hydrogens is 504 g/mol. The highest BCUT2D eigenvalue weighted by atomic mass is 16.8. The summed E-state index contributed by atoms with van der Waals surface area (Å²) >= 11 is 0. The Kier molecular flexibility index (Phi) is 5.95. The van der Waals surface area contributed by atoms with E-state index in [0.29, 0.717) is 18.5 Å². The molecule has 2 aromatic rings. The summed E-state index contributed by atoms with van der Waals surface area (Å²) < 4.78 is 12.8. The first-order chi connectivity index (χ1) is 18.6. The number of anilines is 1. The molecule has 8 nitrogen and oxygen atoms in total. The highest BCUT2D eigenvalue weighted by Gasteiger charge is 2.69. The zero-order chi connectivity index (χ0) is 28.7. The summed E-state index contributed by atoms with van der Waals surface area (Å²) in [6.07, 6.45) is 8.53. The normalized spacial score (nSPS) is 35.5. The first kappa shape index (κ1) is 27.2. The predicted molar refractivity (Wildman–Crippen MR) is 151 cm³/mol. The van der Waals surface area contributed by atoms with Crippen molar-refractivity contribution in [1.82, 2.24) is 9.97 Å². The lowest BCUT2D eigenvalue weighted by Gasteiger charge is -2.48. The highest BCUT2D eigenvalue weighted by Crippen LogP contribution is 2.67. The summed E-state index contributed by atoms with van der Waals surface area (Å²) in [6.45, 7) is 12.9. The Balaban J connectivity index is 1.37. The molecule has 2 saturated carbocycles. The van der Waals surface area contributed by atoms with E-state index in [1.54, 1.807) is 0 Å². The molecule has 3 aliphatic carbocycles. The van der Waals surface area contributed by atoms with Crippen molar-refractivity contribution in [3.05, 3.63) is 53.1 Å². The largest absolute Gasteiger partial charge is 0.385 e. The van der Waals surface area contributed by atoms with Crippen LogP contribution in [0, 0.1) is 27.6 Å². The molecule has 2 bridgehead atoms. The van der Waals surface area contributed by atoms with E-state index < -0.39 is 17.3 Å². The van der Waals surface area contributed by atoms with E-state index in [2.05, 4.69) is 55.1 Å². The molecule has 3 fully saturated rings. The van der Waals surface area contributed by atoms with Crippen molar-refractivity contribution < 1.29 is 19.4 Å². The van der Waals surface area contributed by atoms with Crippen molar-refractivity contribution in [2.75, 3.05) is 5.32 Å². The zero-order valence-corrected chi connectivity index (χ0v) is 24.4. The van der Waals surface area contributed by atoms with Crippen LogP contribution >= 0.6 is 0 Å². The molecular formula is C32H40N4O4. The molecule has 1 amide bonds. The molecule has 3 N–H and O–H groups in total. The van der Waals surface area contributed by atoms with Crippen LogP contribution in [0.5, 0.6) is 0 Å². The number of carbonyl (C=O) groups is 1. The molecule has 4 aliphatic rings. The average molecular weight is 545 g/mol. The van der Waals surface area contributed by atoms with E-state index >= 15 is 0 Å². The van der Waals surface area contributed by atoms with E-state index in [9.17, 15) is 9.90 Å². The van der Waals surface area contributed by atoms with Crippen LogP contribution in [0.4, 0.5) is 5.69 Å². The number of nitrogens with zero attached hydrogens (tertiary/aromatic N) is 2. The second-order valence-electron chi connectivity index (χ2n) is 14.4. The second kappa shape index (κ2) is 8.75. The third-order valence-electron chi connectivity index (χ3n) is 9.70. The number of carbonyl (C=O) groups excluding carboxylic acids is 1. The van der Waals surface area contributed by atoms with Crippen LogP contribution in [0.1, 0.15) is 108 Å². The summed E-state index contributed by atoms with van der Waals surface area (Å²) in [5, 5.41) is 24.5. The first-order valence-corrected chi connectivity index (χ1v) is 14.3. The van der Waals surface area contributed by atoms with Crippen molar-refractivity contribution in [3.63, 3.8) is 0 Å². The fraction of sp³-hybridized carbons (Fsp3) is 0.594. The molecule has 2 heterocycles. The smallest absolute Gasteiger partial charge is 0.291 e. The lowest BCUT2D eigenvalue weighted by molar-refractivity contribution is -0.200. The molecule has 8 heteroatoms. The van der Waals surface area contributed by atoms with Crippen LogP contribution in [0.2, 0.25) is 0 Å². The average Bonchev–Trinajstić information content (AvgIpc) is 3.51. The number of imidazole rings is 1. The summed E-state index contributed by atoms with van der Waals surface area (Å²) in [5.74, 6) is -0.946. The zero-order valence-electron chi connectivity index (χ0n) is 24.4. The van der Waals surface area contributed by atoms with Gasteiger partial charge in [-0.2, -0.15) is 5.26 Å². The minimum absolute atomic E-state index is 0.0607. The van der Waals surface area contributed by atoms with Crippen molar-refractivity contribution in [2.24, 2.45) is 16.2 Å². The number of aromatic amines is 1. The molecule has 212 valence electrons. The van der Waals surface area contributed by atoms with Gasteiger partial charge >= 0.3 is 0 Å². The molecule has 4 unspecified atom stereocenters. The maximum Gasteiger partial charge on any atom is 0.291 e. The van der Waals surface area contributed by atoms with Gasteiger partial charge in [-0.15, -0.1) is 0 Å². The minimum Gasteiger partial charge on any atom is -0.385 e. The number of ether oxygens (including phenoxy) is 2. The van der Waals surface area contributed by atoms with Gasteiger partial charge in [0, 0.05) is 28.3 Å². The molecule has 1 aromatic carbocycles. The van der Waals surface area contributed by atoms with Crippen molar-refractivity contribution in [2.45, 2.75) is 104 Å². The second-order valence-corrected chi connectivity index (χ2v) is 14.4. The molecule has 1 aliphatic heterocycles. The van der Waals surface area contributed by atoms with Gasteiger partial charge in [-0.1, -0.05) is 39.8 Å². The number of aliphatic hydroxyl groups is 1. The number of hydrogen-bond acceptors (Lipinski definition) is 6. The van der Waals surface area contributed by atoms with Gasteiger partial charge in [-0.25, -0.2) is 4.98 Å². The summed E-state index contributed by atoms with van der Waals surface area (Å²) in [6, 6.07) is 7.85. The molecule has 0 radical (unpaired) electrons. The number of aromatic nitrogens is 2. The van der Waals surface area contributed by atoms with Crippen LogP contribution < -0.4 is 5.32 Å². The van der Waals surface area contributed by atoms with E-state index in [1.807, 2.05) is 32.0 Å². The number of amides is 1. The van der Waals surface area contributed by atoms with Crippen molar-refractivity contribution in [3.8, 4) is 6.07 Å². The fourth-order valence-corrected chi connectivity index (χ4v) is 8.04. The van der Waals surface area contributed by atoms with Gasteiger partial charge in [0.2, 0.25) is 0 Å². The number of nitrogens with one attached hydrogen (secondary N) is 2. The first-order valence-electron chi connectivity index (χ1n) is 14.3. The van der Waals surface area contributed by atoms with Gasteiger partial charge in [0.25, 0.3) is 5.91 Å². The number of H-pyrrole nitrogens is 1. The Morgan fingerprint density at radius 3 is 2.35 bits per heavy atom. The maximum absolute atomic E-state index is 13.1. The number of rotatable bonds is 4. The quantitative estimate of drug-likeness (QED) is 0.431. The minimum atomic E-state index is -1.06. The van der Waals surface area contributed by atoms with E-state index in [0.717, 1.165) is 36.8 Å². The molecule has 0 spiro atoms. The molecule has 40 heavy (non-hydrogen) atoms. The van der Waals surface area contributed by atoms with Gasteiger partial charge < -0.3 is 24.9 Å². The summed E-state index contributed by atoms with van der Waals surface area (Å²) in [4.78, 5) is 19.9. The standard InChI is InChI=1S/C32H40N4O4/c1-28(2)11-9-19(10-12-28)22-13-20(7-8-23(22)36-27(37)26-34-15-21(14-33)35-26)32(38)17-30(5)16-31(6,18-32)25-24(30)39-29(3,4)40-25/h7-9,13,15,24-25,38H,10-12,16-18H2,1-6H3,(H,34,35)(H,36,37). The van der Waals surface area contributed by atoms with E-state index in [4.69, 9.17) is 14.7 Å². The Bertz CT molecular complexity index is 1420. The highest BCUT2D eigenvalue weighted by molar-refractivity contribution is 6.03. The van der Waals surface area contributed by atoms with Crippen LogP contribution in [0.15, 0.2) is 30.5 Å². The lowest BCUT2D eigenvalue weighted by atomic mass is 9.61. The van der Waals surface area contributed by atoms with Crippen LogP contribution in [0.25, 0.3) is 5.57 Å². The fourth-order valence-electron chi connectivity index (χ4n) is 8.04. The molecule has 6 rings (SSSR count). The lowest BCUT2D eigenvalue weighted by Crippen LogP contribution is -2.45. The number of hydrogen-bond donors (Lipinski definition) is 3. The van der Waals surface area contributed by atoms with Crippen molar-refractivity contribution in [1.29, 1.82) is 5.26 Å². The van der Waals surface area contributed by atoms with Gasteiger partial charge in [-0.3, -0.25) is 4.79 Å². The number of allylic oxidation sites excluding steroid dienone is 2. The van der Waals surface area contributed by atoms with Gasteiger partial charge in [-0.05, 0) is 81.1 Å². The number of benzene rings is 1. The number of fused-ring (bicyclic) bond motifs is 5. The van der Waals surface area contributed by atoms with Crippen molar-refractivity contribution >= 4 is 17.2 Å². The topological polar surface area (TPSA) is 120 Å². The van der Waals surface area contributed by atoms with Crippen LogP contribution in [-0.2, 0) is 15.1 Å². The van der Waals surface area contributed by atoms with E-state index in [1.165, 1.54) is 11.8 Å². The third kappa shape index (κ3) is 4.49. The van der Waals surface area contributed by atoms with Gasteiger partial charge in [0.15, 0.2) is 17.3 Å². The molecule has 1 saturated heterocycles. The summed E-state index contributed by atoms with van der Waals surface area (Å²) in [7, 11) is 0. The maximum atomic E-state index is 13.1. The Morgan fingerprint density at radius 1 is 1.10 bits per heavy atom. The predicted octanol–water partition coefficient (Wildman–Crippen LogP) is 6.04. The molecule has 1 aromatic heterocycles. The van der Waals surface area contributed by atoms with Gasteiger partial charge in [0.05, 0.1) is 17.8 Å². The summed E-state index contributed by atoms with van der Waals surface area (Å²) in [5.41, 5.74) is 2.49. The Morgan fingerprint density at radius 2 is 1.77 bits per heavy atom. The van der Waals surface area contributed by atoms with E-state index in [-0.39, 0.29) is 40.0 Å². The molecule has 4 atom stereocenters. The van der Waals surface area contributed by atoms with Crippen LogP contribution in [-0.4, -0.2) is 39.0 Å². The third-order valence-corrected chi connectivity index (χ3v) is 9.70. The SMILES string of the molecule is CC1(C)CC=C(c2cc(C3(O)CC4(C)CC(C)(C3)C3OC(C)(C)OC34)ccc2NC(=O)c2nc(C#N)c[nH]2)CC1. The monoisotopic (exact) mass is 544 g/mol. The Hall–Kier alpha value is -2.99. The van der Waals surface area contributed by atoms with Crippen LogP contribution in [0.3, 0.4) is 0 Å².